The summed E-state index contributed by atoms with van der Waals surface area (Å²) in [6, 6.07) is 12.3. The van der Waals surface area contributed by atoms with Gasteiger partial charge < -0.3 is 15.2 Å². The normalized spacial score (nSPS) is 16.0. The lowest BCUT2D eigenvalue weighted by molar-refractivity contribution is -0.144. The number of carbonyl (C=O) groups is 2. The SMILES string of the molecule is O=C(NC1(C(=O)O)CCSCC1)c1cc(Oc2ccccc2)ccn1. The maximum Gasteiger partial charge on any atom is 0.329 e. The molecule has 1 fully saturated rings. The molecule has 1 aromatic heterocycles. The van der Waals surface area contributed by atoms with Crippen molar-refractivity contribution < 1.29 is 19.4 Å². The van der Waals surface area contributed by atoms with Crippen LogP contribution in [0.5, 0.6) is 11.5 Å². The van der Waals surface area contributed by atoms with Gasteiger partial charge in [-0.3, -0.25) is 9.78 Å². The first kappa shape index (κ1) is 17.3. The third-order valence-electron chi connectivity index (χ3n) is 4.05. The average molecular weight is 358 g/mol. The Morgan fingerprint density at radius 1 is 1.12 bits per heavy atom. The molecule has 0 aliphatic carbocycles. The largest absolute Gasteiger partial charge is 0.480 e. The Balaban J connectivity index is 1.76. The van der Waals surface area contributed by atoms with Gasteiger partial charge in [-0.15, -0.1) is 0 Å². The summed E-state index contributed by atoms with van der Waals surface area (Å²) in [4.78, 5) is 28.3. The van der Waals surface area contributed by atoms with Crippen molar-refractivity contribution in [2.24, 2.45) is 0 Å². The Morgan fingerprint density at radius 3 is 2.52 bits per heavy atom. The predicted octanol–water partition coefficient (Wildman–Crippen LogP) is 2.95. The molecule has 7 heteroatoms. The molecule has 1 aliphatic heterocycles. The number of carboxylic acids is 1. The van der Waals surface area contributed by atoms with Gasteiger partial charge in [-0.1, -0.05) is 18.2 Å². The second kappa shape index (κ2) is 7.57. The van der Waals surface area contributed by atoms with Crippen molar-refractivity contribution in [3.63, 3.8) is 0 Å². The van der Waals surface area contributed by atoms with Gasteiger partial charge in [0.15, 0.2) is 0 Å². The van der Waals surface area contributed by atoms with E-state index in [4.69, 9.17) is 4.74 Å². The summed E-state index contributed by atoms with van der Waals surface area (Å²) in [7, 11) is 0. The zero-order valence-corrected chi connectivity index (χ0v) is 14.3. The standard InChI is InChI=1S/C18H18N2O4S/c21-16(20-18(17(22)23)7-10-25-11-8-18)15-12-14(6-9-19-15)24-13-4-2-1-3-5-13/h1-6,9,12H,7-8,10-11H2,(H,20,21)(H,22,23). The number of thioether (sulfide) groups is 1. The number of hydrogen-bond acceptors (Lipinski definition) is 5. The van der Waals surface area contributed by atoms with E-state index in [0.717, 1.165) is 0 Å². The van der Waals surface area contributed by atoms with Gasteiger partial charge in [0.2, 0.25) is 0 Å². The van der Waals surface area contributed by atoms with E-state index in [1.165, 1.54) is 12.3 Å². The lowest BCUT2D eigenvalue weighted by Crippen LogP contribution is -2.56. The molecule has 2 heterocycles. The molecule has 1 aliphatic rings. The van der Waals surface area contributed by atoms with E-state index in [1.54, 1.807) is 30.0 Å². The number of para-hydroxylation sites is 1. The van der Waals surface area contributed by atoms with Gasteiger partial charge in [0.05, 0.1) is 0 Å². The second-order valence-electron chi connectivity index (χ2n) is 5.75. The monoisotopic (exact) mass is 358 g/mol. The number of pyridine rings is 1. The van der Waals surface area contributed by atoms with Crippen molar-refractivity contribution in [3.05, 3.63) is 54.4 Å². The highest BCUT2D eigenvalue weighted by atomic mass is 32.2. The first-order valence-corrected chi connectivity index (χ1v) is 9.07. The summed E-state index contributed by atoms with van der Waals surface area (Å²) in [6.45, 7) is 0. The number of carboxylic acid groups (broad SMARTS) is 1. The number of rotatable bonds is 5. The van der Waals surface area contributed by atoms with Crippen molar-refractivity contribution in [2.45, 2.75) is 18.4 Å². The Kier molecular flexibility index (Phi) is 5.23. The first-order valence-electron chi connectivity index (χ1n) is 7.92. The van der Waals surface area contributed by atoms with E-state index >= 15 is 0 Å². The van der Waals surface area contributed by atoms with Crippen molar-refractivity contribution >= 4 is 23.6 Å². The number of nitrogens with zero attached hydrogens (tertiary/aromatic N) is 1. The van der Waals surface area contributed by atoms with Crippen LogP contribution < -0.4 is 10.1 Å². The van der Waals surface area contributed by atoms with Crippen molar-refractivity contribution in [1.29, 1.82) is 0 Å². The zero-order valence-electron chi connectivity index (χ0n) is 13.5. The van der Waals surface area contributed by atoms with E-state index in [-0.39, 0.29) is 5.69 Å². The van der Waals surface area contributed by atoms with Crippen LogP contribution in [0.1, 0.15) is 23.3 Å². The van der Waals surface area contributed by atoms with Crippen LogP contribution >= 0.6 is 11.8 Å². The van der Waals surface area contributed by atoms with Gasteiger partial charge in [-0.25, -0.2) is 4.79 Å². The fraction of sp³-hybridized carbons (Fsp3) is 0.278. The molecular weight excluding hydrogens is 340 g/mol. The maximum atomic E-state index is 12.5. The van der Waals surface area contributed by atoms with Crippen LogP contribution in [0.15, 0.2) is 48.7 Å². The summed E-state index contributed by atoms with van der Waals surface area (Å²) in [5, 5.41) is 12.2. The van der Waals surface area contributed by atoms with Crippen LogP contribution in [0.4, 0.5) is 0 Å². The molecule has 0 saturated carbocycles. The van der Waals surface area contributed by atoms with Crippen LogP contribution in [-0.4, -0.2) is 39.0 Å². The number of amides is 1. The summed E-state index contributed by atoms with van der Waals surface area (Å²) >= 11 is 1.69. The van der Waals surface area contributed by atoms with Crippen LogP contribution in [0.25, 0.3) is 0 Å². The topological polar surface area (TPSA) is 88.5 Å². The van der Waals surface area contributed by atoms with Crippen molar-refractivity contribution in [3.8, 4) is 11.5 Å². The second-order valence-corrected chi connectivity index (χ2v) is 6.97. The molecular formula is C18H18N2O4S. The smallest absolute Gasteiger partial charge is 0.329 e. The summed E-state index contributed by atoms with van der Waals surface area (Å²) in [6.07, 6.45) is 2.27. The molecule has 1 amide bonds. The minimum atomic E-state index is -1.22. The quantitative estimate of drug-likeness (QED) is 0.854. The van der Waals surface area contributed by atoms with Crippen molar-refractivity contribution in [1.82, 2.24) is 10.3 Å². The highest BCUT2D eigenvalue weighted by Crippen LogP contribution is 2.28. The van der Waals surface area contributed by atoms with E-state index in [1.807, 2.05) is 18.2 Å². The molecule has 0 atom stereocenters. The van der Waals surface area contributed by atoms with Gasteiger partial charge in [0.25, 0.3) is 5.91 Å². The van der Waals surface area contributed by atoms with Crippen LogP contribution in [0.3, 0.4) is 0 Å². The fourth-order valence-electron chi connectivity index (χ4n) is 2.62. The number of nitrogens with one attached hydrogen (secondary N) is 1. The fourth-order valence-corrected chi connectivity index (χ4v) is 3.81. The molecule has 0 spiro atoms. The van der Waals surface area contributed by atoms with Gasteiger partial charge >= 0.3 is 5.97 Å². The molecule has 130 valence electrons. The summed E-state index contributed by atoms with van der Waals surface area (Å²) in [5.41, 5.74) is -1.09. The van der Waals surface area contributed by atoms with Gasteiger partial charge in [0.1, 0.15) is 22.7 Å². The minimum absolute atomic E-state index is 0.132. The van der Waals surface area contributed by atoms with Crippen LogP contribution in [0.2, 0.25) is 0 Å². The van der Waals surface area contributed by atoms with Crippen LogP contribution in [-0.2, 0) is 4.79 Å². The Labute approximate surface area is 149 Å². The third kappa shape index (κ3) is 4.11. The first-order chi connectivity index (χ1) is 12.1. The van der Waals surface area contributed by atoms with E-state index in [0.29, 0.717) is 35.8 Å². The summed E-state index contributed by atoms with van der Waals surface area (Å²) in [5.74, 6) is 1.01. The number of hydrogen-bond donors (Lipinski definition) is 2. The molecule has 0 radical (unpaired) electrons. The highest BCUT2D eigenvalue weighted by Gasteiger charge is 2.41. The third-order valence-corrected chi connectivity index (χ3v) is 5.04. The zero-order chi connectivity index (χ0) is 17.7. The molecule has 1 saturated heterocycles. The number of carbonyl (C=O) groups excluding carboxylic acids is 1. The average Bonchev–Trinajstić information content (AvgIpc) is 2.63. The highest BCUT2D eigenvalue weighted by molar-refractivity contribution is 7.99. The van der Waals surface area contributed by atoms with Crippen LogP contribution in [0, 0.1) is 0 Å². The van der Waals surface area contributed by atoms with E-state index in [2.05, 4.69) is 10.3 Å². The van der Waals surface area contributed by atoms with Gasteiger partial charge in [-0.2, -0.15) is 11.8 Å². The van der Waals surface area contributed by atoms with Gasteiger partial charge in [0, 0.05) is 12.3 Å². The molecule has 25 heavy (non-hydrogen) atoms. The summed E-state index contributed by atoms with van der Waals surface area (Å²) < 4.78 is 5.69. The Bertz CT molecular complexity index is 761. The Hall–Kier alpha value is -2.54. The maximum absolute atomic E-state index is 12.5. The number of aromatic nitrogens is 1. The van der Waals surface area contributed by atoms with Crippen molar-refractivity contribution in [2.75, 3.05) is 11.5 Å². The molecule has 2 aromatic rings. The molecule has 1 aromatic carbocycles. The van der Waals surface area contributed by atoms with Gasteiger partial charge in [-0.05, 0) is 42.5 Å². The van der Waals surface area contributed by atoms with E-state index in [9.17, 15) is 14.7 Å². The molecule has 0 bridgehead atoms. The van der Waals surface area contributed by atoms with E-state index < -0.39 is 17.4 Å². The predicted molar refractivity (Wildman–Crippen MR) is 95.1 cm³/mol. The number of ether oxygens (including phenoxy) is 1. The Morgan fingerprint density at radius 2 is 1.84 bits per heavy atom. The number of aliphatic carboxylic acids is 1. The lowest BCUT2D eigenvalue weighted by Gasteiger charge is -2.33. The number of benzene rings is 1. The molecule has 2 N–H and O–H groups in total. The lowest BCUT2D eigenvalue weighted by atomic mass is 9.92. The minimum Gasteiger partial charge on any atom is -0.480 e. The molecule has 0 unspecified atom stereocenters. The molecule has 3 rings (SSSR count). The molecule has 6 nitrogen and oxygen atoms in total.